The zero-order chi connectivity index (χ0) is 33.0. The fourth-order valence-electron chi connectivity index (χ4n) is 7.34. The molecule has 0 aliphatic carbocycles. The maximum Gasteiger partial charge on any atom is 0.337 e. The Morgan fingerprint density at radius 1 is 1.02 bits per heavy atom. The van der Waals surface area contributed by atoms with Crippen molar-refractivity contribution < 1.29 is 33.3 Å². The summed E-state index contributed by atoms with van der Waals surface area (Å²) in [5, 5.41) is 10.5. The summed E-state index contributed by atoms with van der Waals surface area (Å²) in [4.78, 5) is 31.8. The van der Waals surface area contributed by atoms with Crippen LogP contribution >= 0.6 is 23.2 Å². The number of ether oxygens (including phenoxy) is 3. The number of carbonyl (C=O) groups is 2. The van der Waals surface area contributed by atoms with Gasteiger partial charge in [-0.1, -0.05) is 41.4 Å². The van der Waals surface area contributed by atoms with Crippen molar-refractivity contribution in [2.24, 2.45) is 0 Å². The highest BCUT2D eigenvalue weighted by Gasteiger charge is 2.40. The number of hydrogen-bond donors (Lipinski definition) is 1. The van der Waals surface area contributed by atoms with Crippen LogP contribution in [0.3, 0.4) is 0 Å². The first-order chi connectivity index (χ1) is 22.6. The Morgan fingerprint density at radius 3 is 2.34 bits per heavy atom. The summed E-state index contributed by atoms with van der Waals surface area (Å²) < 4.78 is 33.2. The lowest BCUT2D eigenvalue weighted by atomic mass is 9.93. The number of nitrogens with zero attached hydrogens (tertiary/aromatic N) is 3. The second-order valence-electron chi connectivity index (χ2n) is 13.0. The minimum Gasteiger partial charge on any atom is -0.478 e. The third-order valence-electron chi connectivity index (χ3n) is 10.2. The van der Waals surface area contributed by atoms with Crippen LogP contribution in [-0.2, 0) is 16.0 Å². The van der Waals surface area contributed by atoms with Gasteiger partial charge < -0.3 is 34.0 Å². The van der Waals surface area contributed by atoms with Gasteiger partial charge >= 0.3 is 5.97 Å². The summed E-state index contributed by atoms with van der Waals surface area (Å²) in [5.74, 6) is -1.79. The van der Waals surface area contributed by atoms with E-state index >= 15 is 4.39 Å². The average molecular weight is 685 g/mol. The molecule has 9 nitrogen and oxygen atoms in total. The number of piperidine rings is 1. The van der Waals surface area contributed by atoms with Crippen molar-refractivity contribution in [2.45, 2.75) is 56.8 Å². The molecule has 4 aliphatic rings. The Bertz CT molecular complexity index is 1710. The average Bonchev–Trinajstić information content (AvgIpc) is 3.30. The van der Waals surface area contributed by atoms with Gasteiger partial charge in [-0.25, -0.2) is 9.18 Å². The molecule has 4 aliphatic heterocycles. The Balaban J connectivity index is 1.15. The van der Waals surface area contributed by atoms with Crippen LogP contribution in [0.4, 0.5) is 15.8 Å². The van der Waals surface area contributed by atoms with E-state index in [1.165, 1.54) is 4.90 Å². The molecular formula is C35H36Cl2FN3O6. The van der Waals surface area contributed by atoms with Crippen LogP contribution in [0.25, 0.3) is 11.1 Å². The van der Waals surface area contributed by atoms with E-state index in [1.54, 1.807) is 37.4 Å². The van der Waals surface area contributed by atoms with Crippen LogP contribution in [0.15, 0.2) is 42.5 Å². The molecular weight excluding hydrogens is 648 g/mol. The number of carboxylic acids is 1. The summed E-state index contributed by atoms with van der Waals surface area (Å²) in [6.07, 6.45) is 3.48. The summed E-state index contributed by atoms with van der Waals surface area (Å²) >= 11 is 13.4. The van der Waals surface area contributed by atoms with E-state index in [4.69, 9.17) is 37.4 Å². The fourth-order valence-corrected chi connectivity index (χ4v) is 7.98. The van der Waals surface area contributed by atoms with Gasteiger partial charge in [-0.15, -0.1) is 0 Å². The second-order valence-corrected chi connectivity index (χ2v) is 13.8. The van der Waals surface area contributed by atoms with E-state index in [-0.39, 0.29) is 63.6 Å². The SMILES string of the molecule is COC1(C)CCN(c2cc(Cl)c(C(=O)N3COc4c(cccc4-c4cc(N5C6CCC5COC6)c(C(=O)O)cc4F)C3)c(Cl)c2)CC1. The normalized spacial score (nSPS) is 21.8. The number of carbonyl (C=O) groups excluding carboxylic acids is 1. The van der Waals surface area contributed by atoms with Gasteiger partial charge in [0.05, 0.1) is 64.3 Å². The molecule has 1 N–H and O–H groups in total. The molecule has 3 aromatic carbocycles. The van der Waals surface area contributed by atoms with Gasteiger partial charge in [0.2, 0.25) is 0 Å². The van der Waals surface area contributed by atoms with Crippen LogP contribution in [-0.4, -0.2) is 79.7 Å². The second kappa shape index (κ2) is 12.5. The molecule has 0 spiro atoms. The van der Waals surface area contributed by atoms with Crippen molar-refractivity contribution in [3.8, 4) is 16.9 Å². The number of hydrogen-bond acceptors (Lipinski definition) is 7. The third-order valence-corrected chi connectivity index (χ3v) is 10.8. The minimum atomic E-state index is -1.19. The molecule has 2 bridgehead atoms. The lowest BCUT2D eigenvalue weighted by Gasteiger charge is -2.39. The molecule has 47 heavy (non-hydrogen) atoms. The number of fused-ring (bicyclic) bond motifs is 3. The maximum atomic E-state index is 15.7. The molecule has 3 saturated heterocycles. The Kier molecular flexibility index (Phi) is 8.49. The summed E-state index contributed by atoms with van der Waals surface area (Å²) in [6.45, 7) is 4.74. The topological polar surface area (TPSA) is 91.8 Å². The number of aromatic carboxylic acids is 1. The highest BCUT2D eigenvalue weighted by molar-refractivity contribution is 6.40. The maximum absolute atomic E-state index is 15.7. The van der Waals surface area contributed by atoms with Gasteiger partial charge in [-0.3, -0.25) is 4.79 Å². The molecule has 3 fully saturated rings. The van der Waals surface area contributed by atoms with Crippen LogP contribution in [0.2, 0.25) is 10.0 Å². The zero-order valence-electron chi connectivity index (χ0n) is 26.2. The van der Waals surface area contributed by atoms with E-state index in [0.717, 1.165) is 50.5 Å². The monoisotopic (exact) mass is 683 g/mol. The van der Waals surface area contributed by atoms with Gasteiger partial charge in [-0.05, 0) is 56.9 Å². The number of anilines is 2. The van der Waals surface area contributed by atoms with Crippen molar-refractivity contribution in [1.82, 2.24) is 4.90 Å². The van der Waals surface area contributed by atoms with Gasteiger partial charge in [0.1, 0.15) is 11.6 Å². The molecule has 0 saturated carbocycles. The zero-order valence-corrected chi connectivity index (χ0v) is 27.7. The van der Waals surface area contributed by atoms with Crippen molar-refractivity contribution in [1.29, 1.82) is 0 Å². The number of benzene rings is 3. The molecule has 7 rings (SSSR count). The summed E-state index contributed by atoms with van der Waals surface area (Å²) in [6, 6.07) is 11.7. The fraction of sp³-hybridized carbons (Fsp3) is 0.429. The Labute approximate surface area is 282 Å². The molecule has 2 atom stereocenters. The van der Waals surface area contributed by atoms with E-state index in [2.05, 4.69) is 16.7 Å². The standard InChI is InChI=1S/C35H36Cl2FN3O6/c1-35(45-2)8-10-39(11-9-35)23-12-27(36)31(28(37)13-23)33(42)40-16-20-4-3-5-24(32(20)47-19-40)25-15-30(26(34(43)44)14-29(25)38)41-21-6-7-22(41)18-46-17-21/h3-5,12-15,21-22H,6-11,16-19H2,1-2H3,(H,43,44). The van der Waals surface area contributed by atoms with Crippen LogP contribution in [0, 0.1) is 5.82 Å². The van der Waals surface area contributed by atoms with Gasteiger partial charge in [0, 0.05) is 42.6 Å². The molecule has 0 aromatic heterocycles. The summed E-state index contributed by atoms with van der Waals surface area (Å²) in [7, 11) is 1.73. The predicted octanol–water partition coefficient (Wildman–Crippen LogP) is 6.86. The smallest absolute Gasteiger partial charge is 0.337 e. The predicted molar refractivity (Wildman–Crippen MR) is 178 cm³/mol. The largest absolute Gasteiger partial charge is 0.478 e. The number of amides is 1. The number of morpholine rings is 1. The molecule has 12 heteroatoms. The Hall–Kier alpha value is -3.57. The molecule has 0 radical (unpaired) electrons. The Morgan fingerprint density at radius 2 is 1.70 bits per heavy atom. The highest BCUT2D eigenvalue weighted by Crippen LogP contribution is 2.43. The van der Waals surface area contributed by atoms with E-state index < -0.39 is 11.8 Å². The molecule has 3 aromatic rings. The van der Waals surface area contributed by atoms with Crippen LogP contribution in [0.5, 0.6) is 5.75 Å². The molecule has 4 heterocycles. The van der Waals surface area contributed by atoms with E-state index in [0.29, 0.717) is 35.8 Å². The first kappa shape index (κ1) is 32.0. The van der Waals surface area contributed by atoms with Crippen LogP contribution in [0.1, 0.15) is 58.9 Å². The number of para-hydroxylation sites is 1. The first-order valence-corrected chi connectivity index (χ1v) is 16.6. The van der Waals surface area contributed by atoms with Gasteiger partial charge in [0.15, 0.2) is 6.73 Å². The first-order valence-electron chi connectivity index (χ1n) is 15.8. The number of rotatable bonds is 6. The number of methoxy groups -OCH3 is 1. The van der Waals surface area contributed by atoms with Crippen molar-refractivity contribution in [3.05, 3.63) is 75.0 Å². The summed E-state index contributed by atoms with van der Waals surface area (Å²) in [5.41, 5.74) is 2.66. The lowest BCUT2D eigenvalue weighted by Crippen LogP contribution is -2.46. The van der Waals surface area contributed by atoms with Crippen molar-refractivity contribution >= 4 is 46.5 Å². The van der Waals surface area contributed by atoms with Gasteiger partial charge in [0.25, 0.3) is 5.91 Å². The molecule has 248 valence electrons. The molecule has 2 unspecified atom stereocenters. The van der Waals surface area contributed by atoms with Gasteiger partial charge in [-0.2, -0.15) is 0 Å². The highest BCUT2D eigenvalue weighted by atomic mass is 35.5. The third kappa shape index (κ3) is 5.79. The van der Waals surface area contributed by atoms with Crippen molar-refractivity contribution in [2.75, 3.05) is 49.9 Å². The van der Waals surface area contributed by atoms with Crippen molar-refractivity contribution in [3.63, 3.8) is 0 Å². The minimum absolute atomic E-state index is 0.0321. The number of carboxylic acid groups (broad SMARTS) is 1. The molecule has 1 amide bonds. The van der Waals surface area contributed by atoms with E-state index in [1.807, 2.05) is 6.07 Å². The quantitative estimate of drug-likeness (QED) is 0.301. The number of halogens is 3. The van der Waals surface area contributed by atoms with E-state index in [9.17, 15) is 14.7 Å². The lowest BCUT2D eigenvalue weighted by molar-refractivity contribution is -0.0132. The van der Waals surface area contributed by atoms with Crippen LogP contribution < -0.4 is 14.5 Å².